The number of rotatable bonds is 7. The normalized spacial score (nSPS) is 11.1. The fourth-order valence-corrected chi connectivity index (χ4v) is 3.80. The number of fused-ring (bicyclic) bond motifs is 1. The van der Waals surface area contributed by atoms with E-state index in [0.29, 0.717) is 40.8 Å². The van der Waals surface area contributed by atoms with Gasteiger partial charge >= 0.3 is 0 Å². The third-order valence-corrected chi connectivity index (χ3v) is 5.45. The van der Waals surface area contributed by atoms with Gasteiger partial charge in [-0.3, -0.25) is 4.79 Å². The van der Waals surface area contributed by atoms with E-state index < -0.39 is 0 Å². The second-order valence-corrected chi connectivity index (χ2v) is 8.07. The Labute approximate surface area is 191 Å². The summed E-state index contributed by atoms with van der Waals surface area (Å²) in [7, 11) is 0. The van der Waals surface area contributed by atoms with Gasteiger partial charge in [0.25, 0.3) is 5.91 Å². The summed E-state index contributed by atoms with van der Waals surface area (Å²) in [5.41, 5.74) is 3.87. The van der Waals surface area contributed by atoms with E-state index in [1.807, 2.05) is 23.1 Å². The van der Waals surface area contributed by atoms with E-state index in [2.05, 4.69) is 18.9 Å². The summed E-state index contributed by atoms with van der Waals surface area (Å²) in [6.07, 6.45) is 1.72. The lowest BCUT2D eigenvalue weighted by Crippen LogP contribution is -2.34. The van der Waals surface area contributed by atoms with E-state index in [4.69, 9.17) is 16.6 Å². The quantitative estimate of drug-likeness (QED) is 0.341. The minimum Gasteiger partial charge on any atom is -0.337 e. The molecular weight excluding hydrogens is 427 g/mol. The van der Waals surface area contributed by atoms with E-state index in [1.54, 1.807) is 34.8 Å². The van der Waals surface area contributed by atoms with Gasteiger partial charge in [0, 0.05) is 35.3 Å². The summed E-state index contributed by atoms with van der Waals surface area (Å²) < 4.78 is 15.0. The van der Waals surface area contributed by atoms with Crippen molar-refractivity contribution in [3.63, 3.8) is 0 Å². The van der Waals surface area contributed by atoms with E-state index in [0.717, 1.165) is 24.0 Å². The Kier molecular flexibility index (Phi) is 6.51. The fourth-order valence-electron chi connectivity index (χ4n) is 3.67. The lowest BCUT2D eigenvalue weighted by molar-refractivity contribution is 0.0746. The van der Waals surface area contributed by atoms with Gasteiger partial charge in [0.1, 0.15) is 11.5 Å². The van der Waals surface area contributed by atoms with Gasteiger partial charge in [0.15, 0.2) is 5.65 Å². The molecule has 1 amide bonds. The van der Waals surface area contributed by atoms with Crippen molar-refractivity contribution in [2.75, 3.05) is 13.1 Å². The van der Waals surface area contributed by atoms with Crippen LogP contribution in [-0.4, -0.2) is 38.5 Å². The van der Waals surface area contributed by atoms with Crippen molar-refractivity contribution in [1.29, 1.82) is 0 Å². The number of benzene rings is 2. The molecule has 0 unspecified atom stereocenters. The number of hydrogen-bond acceptors (Lipinski definition) is 3. The van der Waals surface area contributed by atoms with E-state index in [9.17, 15) is 9.18 Å². The summed E-state index contributed by atoms with van der Waals surface area (Å²) >= 11 is 6.02. The Balaban J connectivity index is 1.88. The van der Waals surface area contributed by atoms with Gasteiger partial charge in [-0.25, -0.2) is 13.9 Å². The number of amides is 1. The summed E-state index contributed by atoms with van der Waals surface area (Å²) in [4.78, 5) is 20.1. The molecule has 4 aromatic rings. The first kappa shape index (κ1) is 22.0. The first-order chi connectivity index (χ1) is 15.5. The van der Waals surface area contributed by atoms with Crippen molar-refractivity contribution in [3.05, 3.63) is 77.2 Å². The molecule has 0 spiro atoms. The fraction of sp³-hybridized carbons (Fsp3) is 0.240. The van der Waals surface area contributed by atoms with Crippen molar-refractivity contribution < 1.29 is 9.18 Å². The van der Waals surface area contributed by atoms with Gasteiger partial charge in [-0.15, -0.1) is 0 Å². The standard InChI is InChI=1S/C25H24ClFN4O/c1-3-13-30(14-4-2)25(32)23-15-21(17-7-11-20(27)12-8-17)28-24-16-22(29-31(23)24)18-5-9-19(26)10-6-18/h5-12,15-16H,3-4,13-14H2,1-2H3. The van der Waals surface area contributed by atoms with Crippen LogP contribution in [0.15, 0.2) is 60.7 Å². The van der Waals surface area contributed by atoms with Gasteiger partial charge in [-0.2, -0.15) is 5.10 Å². The third kappa shape index (κ3) is 4.50. The van der Waals surface area contributed by atoms with Gasteiger partial charge in [-0.05, 0) is 55.3 Å². The molecule has 0 saturated heterocycles. The Morgan fingerprint density at radius 3 is 2.16 bits per heavy atom. The topological polar surface area (TPSA) is 50.5 Å². The molecule has 2 heterocycles. The molecule has 0 aliphatic heterocycles. The highest BCUT2D eigenvalue weighted by Gasteiger charge is 2.21. The number of hydrogen-bond donors (Lipinski definition) is 0. The highest BCUT2D eigenvalue weighted by Crippen LogP contribution is 2.26. The molecule has 0 fully saturated rings. The summed E-state index contributed by atoms with van der Waals surface area (Å²) in [6.45, 7) is 5.42. The largest absolute Gasteiger partial charge is 0.337 e. The predicted octanol–water partition coefficient (Wildman–Crippen LogP) is 6.12. The lowest BCUT2D eigenvalue weighted by Gasteiger charge is -2.22. The second-order valence-electron chi connectivity index (χ2n) is 7.63. The molecule has 0 N–H and O–H groups in total. The molecule has 4 rings (SSSR count). The molecule has 0 saturated carbocycles. The third-order valence-electron chi connectivity index (χ3n) is 5.20. The van der Waals surface area contributed by atoms with Crippen LogP contribution in [0.2, 0.25) is 5.02 Å². The van der Waals surface area contributed by atoms with Crippen molar-refractivity contribution in [2.45, 2.75) is 26.7 Å². The molecule has 2 aromatic carbocycles. The lowest BCUT2D eigenvalue weighted by atomic mass is 10.1. The van der Waals surface area contributed by atoms with Gasteiger partial charge < -0.3 is 4.90 Å². The van der Waals surface area contributed by atoms with Crippen molar-refractivity contribution in [3.8, 4) is 22.5 Å². The first-order valence-corrected chi connectivity index (χ1v) is 11.1. The molecule has 164 valence electrons. The Morgan fingerprint density at radius 2 is 1.53 bits per heavy atom. The average Bonchev–Trinajstić information content (AvgIpc) is 3.23. The van der Waals surface area contributed by atoms with E-state index in [1.165, 1.54) is 12.1 Å². The van der Waals surface area contributed by atoms with Gasteiger partial charge in [0.2, 0.25) is 0 Å². The minimum atomic E-state index is -0.322. The van der Waals surface area contributed by atoms with Crippen molar-refractivity contribution in [1.82, 2.24) is 19.5 Å². The molecule has 2 aromatic heterocycles. The SMILES string of the molecule is CCCN(CCC)C(=O)c1cc(-c2ccc(F)cc2)nc2cc(-c3ccc(Cl)cc3)nn12. The maximum absolute atomic E-state index is 13.5. The Morgan fingerprint density at radius 1 is 0.938 bits per heavy atom. The van der Waals surface area contributed by atoms with Crippen LogP contribution in [0.25, 0.3) is 28.2 Å². The summed E-state index contributed by atoms with van der Waals surface area (Å²) in [6, 6.07) is 17.0. The Hall–Kier alpha value is -3.25. The molecule has 0 aliphatic rings. The maximum Gasteiger partial charge on any atom is 0.272 e. The smallest absolute Gasteiger partial charge is 0.272 e. The monoisotopic (exact) mass is 450 g/mol. The molecule has 0 radical (unpaired) electrons. The molecule has 0 aliphatic carbocycles. The zero-order valence-electron chi connectivity index (χ0n) is 18.1. The van der Waals surface area contributed by atoms with Crippen LogP contribution in [0.4, 0.5) is 4.39 Å². The average molecular weight is 451 g/mol. The van der Waals surface area contributed by atoms with Crippen LogP contribution in [0.5, 0.6) is 0 Å². The van der Waals surface area contributed by atoms with Crippen molar-refractivity contribution >= 4 is 23.2 Å². The van der Waals surface area contributed by atoms with Gasteiger partial charge in [-0.1, -0.05) is 37.6 Å². The summed E-state index contributed by atoms with van der Waals surface area (Å²) in [5, 5.41) is 5.33. The number of carbonyl (C=O) groups excluding carboxylic acids is 1. The molecule has 32 heavy (non-hydrogen) atoms. The molecular formula is C25H24ClFN4O. The van der Waals surface area contributed by atoms with Crippen LogP contribution in [-0.2, 0) is 0 Å². The minimum absolute atomic E-state index is 0.102. The van der Waals surface area contributed by atoms with E-state index >= 15 is 0 Å². The maximum atomic E-state index is 13.5. The van der Waals surface area contributed by atoms with E-state index in [-0.39, 0.29) is 11.7 Å². The molecule has 7 heteroatoms. The molecule has 5 nitrogen and oxygen atoms in total. The van der Waals surface area contributed by atoms with Crippen LogP contribution in [0.1, 0.15) is 37.2 Å². The number of halogens is 2. The number of nitrogens with zero attached hydrogens (tertiary/aromatic N) is 4. The predicted molar refractivity (Wildman–Crippen MR) is 125 cm³/mol. The van der Waals surface area contributed by atoms with Crippen LogP contribution >= 0.6 is 11.6 Å². The van der Waals surface area contributed by atoms with Gasteiger partial charge in [0.05, 0.1) is 11.4 Å². The molecule has 0 bridgehead atoms. The first-order valence-electron chi connectivity index (χ1n) is 10.7. The zero-order chi connectivity index (χ0) is 22.7. The summed E-state index contributed by atoms with van der Waals surface area (Å²) in [5.74, 6) is -0.423. The van der Waals surface area contributed by atoms with Crippen LogP contribution in [0, 0.1) is 5.82 Å². The highest BCUT2D eigenvalue weighted by atomic mass is 35.5. The van der Waals surface area contributed by atoms with Crippen LogP contribution in [0.3, 0.4) is 0 Å². The number of carbonyl (C=O) groups is 1. The van der Waals surface area contributed by atoms with Crippen LogP contribution < -0.4 is 0 Å². The Bertz CT molecular complexity index is 1230. The highest BCUT2D eigenvalue weighted by molar-refractivity contribution is 6.30. The number of aromatic nitrogens is 3. The zero-order valence-corrected chi connectivity index (χ0v) is 18.8. The van der Waals surface area contributed by atoms with Crippen molar-refractivity contribution in [2.24, 2.45) is 0 Å². The molecule has 0 atom stereocenters. The second kappa shape index (κ2) is 9.49.